The summed E-state index contributed by atoms with van der Waals surface area (Å²) in [6.45, 7) is 3.05. The zero-order chi connectivity index (χ0) is 23.9. The SMILES string of the molecule is Cc1ccc2c(c1)CCN2c1ccc(C2=C(c3ccccc3)C(=O)N(c3ccccc3)C2=O)cc1. The second-order valence-electron chi connectivity index (χ2n) is 8.98. The van der Waals surface area contributed by atoms with Crippen molar-refractivity contribution in [3.63, 3.8) is 0 Å². The molecule has 0 aliphatic carbocycles. The topological polar surface area (TPSA) is 40.6 Å². The molecule has 6 rings (SSSR count). The van der Waals surface area contributed by atoms with E-state index in [9.17, 15) is 9.59 Å². The Hall–Kier alpha value is -4.44. The number of amides is 2. The van der Waals surface area contributed by atoms with Crippen LogP contribution < -0.4 is 9.80 Å². The predicted octanol–water partition coefficient (Wildman–Crippen LogP) is 6.17. The largest absolute Gasteiger partial charge is 0.341 e. The second kappa shape index (κ2) is 8.41. The third-order valence-electron chi connectivity index (χ3n) is 6.76. The molecule has 2 aliphatic rings. The molecule has 4 aromatic rings. The van der Waals surface area contributed by atoms with Gasteiger partial charge in [0.25, 0.3) is 11.8 Å². The van der Waals surface area contributed by atoms with E-state index in [1.807, 2.05) is 72.8 Å². The molecule has 2 amide bonds. The Morgan fingerprint density at radius 1 is 0.629 bits per heavy atom. The Morgan fingerprint density at radius 3 is 1.89 bits per heavy atom. The second-order valence-corrected chi connectivity index (χ2v) is 8.98. The Labute approximate surface area is 204 Å². The number of fused-ring (bicyclic) bond motifs is 1. The highest BCUT2D eigenvalue weighted by molar-refractivity contribution is 6.57. The summed E-state index contributed by atoms with van der Waals surface area (Å²) in [5.41, 5.74) is 7.88. The van der Waals surface area contributed by atoms with Gasteiger partial charge in [-0.15, -0.1) is 0 Å². The van der Waals surface area contributed by atoms with Crippen LogP contribution in [0, 0.1) is 6.92 Å². The van der Waals surface area contributed by atoms with Crippen molar-refractivity contribution in [2.45, 2.75) is 13.3 Å². The predicted molar refractivity (Wildman–Crippen MR) is 141 cm³/mol. The molecule has 0 N–H and O–H groups in total. The van der Waals surface area contributed by atoms with Crippen molar-refractivity contribution >= 4 is 40.0 Å². The lowest BCUT2D eigenvalue weighted by Gasteiger charge is -2.20. The Kier molecular flexibility index (Phi) is 5.07. The van der Waals surface area contributed by atoms with Crippen molar-refractivity contribution < 1.29 is 9.59 Å². The normalized spacial score (nSPS) is 15.2. The van der Waals surface area contributed by atoms with E-state index >= 15 is 0 Å². The van der Waals surface area contributed by atoms with Crippen LogP contribution in [0.4, 0.5) is 17.1 Å². The average molecular weight is 457 g/mol. The van der Waals surface area contributed by atoms with Crippen molar-refractivity contribution in [2.24, 2.45) is 0 Å². The number of carbonyl (C=O) groups excluding carboxylic acids is 2. The van der Waals surface area contributed by atoms with Crippen LogP contribution in [0.5, 0.6) is 0 Å². The lowest BCUT2D eigenvalue weighted by molar-refractivity contribution is -0.119. The summed E-state index contributed by atoms with van der Waals surface area (Å²) < 4.78 is 0. The molecule has 0 aromatic heterocycles. The van der Waals surface area contributed by atoms with Crippen LogP contribution in [0.1, 0.15) is 22.3 Å². The van der Waals surface area contributed by atoms with Crippen LogP contribution >= 0.6 is 0 Å². The molecule has 2 aliphatic heterocycles. The maximum Gasteiger partial charge on any atom is 0.266 e. The maximum absolute atomic E-state index is 13.7. The highest BCUT2D eigenvalue weighted by Crippen LogP contribution is 2.40. The Morgan fingerprint density at radius 2 is 1.23 bits per heavy atom. The number of hydrogen-bond donors (Lipinski definition) is 0. The molecule has 0 unspecified atom stereocenters. The number of benzene rings is 4. The van der Waals surface area contributed by atoms with Crippen LogP contribution in [0.2, 0.25) is 0 Å². The molecule has 0 bridgehead atoms. The number of hydrogen-bond acceptors (Lipinski definition) is 3. The molecule has 170 valence electrons. The first-order valence-electron chi connectivity index (χ1n) is 11.8. The minimum absolute atomic E-state index is 0.296. The van der Waals surface area contributed by atoms with Crippen LogP contribution in [-0.4, -0.2) is 18.4 Å². The van der Waals surface area contributed by atoms with Crippen molar-refractivity contribution in [1.29, 1.82) is 0 Å². The van der Waals surface area contributed by atoms with E-state index < -0.39 is 0 Å². The molecule has 0 saturated carbocycles. The molecule has 35 heavy (non-hydrogen) atoms. The number of carbonyl (C=O) groups is 2. The van der Waals surface area contributed by atoms with E-state index in [2.05, 4.69) is 30.0 Å². The molecule has 0 spiro atoms. The van der Waals surface area contributed by atoms with E-state index in [1.165, 1.54) is 21.7 Å². The van der Waals surface area contributed by atoms with Gasteiger partial charge in [-0.2, -0.15) is 0 Å². The molecule has 0 fully saturated rings. The highest BCUT2D eigenvalue weighted by atomic mass is 16.2. The van der Waals surface area contributed by atoms with Gasteiger partial charge in [-0.05, 0) is 60.4 Å². The van der Waals surface area contributed by atoms with E-state index in [1.54, 1.807) is 12.1 Å². The van der Waals surface area contributed by atoms with Gasteiger partial charge < -0.3 is 4.90 Å². The summed E-state index contributed by atoms with van der Waals surface area (Å²) in [7, 11) is 0. The third kappa shape index (κ3) is 3.55. The van der Waals surface area contributed by atoms with Crippen molar-refractivity contribution in [3.05, 3.63) is 125 Å². The first kappa shape index (κ1) is 21.1. The number of aryl methyl sites for hydroxylation is 1. The maximum atomic E-state index is 13.7. The summed E-state index contributed by atoms with van der Waals surface area (Å²) in [6, 6.07) is 33.1. The van der Waals surface area contributed by atoms with Gasteiger partial charge in [0.2, 0.25) is 0 Å². The fraction of sp³-hybridized carbons (Fsp3) is 0.0968. The number of para-hydroxylation sites is 1. The zero-order valence-corrected chi connectivity index (χ0v) is 19.4. The van der Waals surface area contributed by atoms with Gasteiger partial charge in [0.05, 0.1) is 16.8 Å². The van der Waals surface area contributed by atoms with Gasteiger partial charge in [0.15, 0.2) is 0 Å². The molecule has 4 aromatic carbocycles. The number of anilines is 3. The standard InChI is InChI=1S/C31H24N2O2/c1-21-12-17-27-24(20-21)18-19-32(27)25-15-13-23(14-16-25)29-28(22-8-4-2-5-9-22)30(34)33(31(29)35)26-10-6-3-7-11-26/h2-17,20H,18-19H2,1H3. The molecule has 4 nitrogen and oxygen atoms in total. The lowest BCUT2D eigenvalue weighted by Crippen LogP contribution is -2.31. The third-order valence-corrected chi connectivity index (χ3v) is 6.76. The van der Waals surface area contributed by atoms with Gasteiger partial charge in [0.1, 0.15) is 0 Å². The summed E-state index contributed by atoms with van der Waals surface area (Å²) in [5.74, 6) is -0.592. The van der Waals surface area contributed by atoms with Crippen molar-refractivity contribution in [3.8, 4) is 0 Å². The zero-order valence-electron chi connectivity index (χ0n) is 19.4. The van der Waals surface area contributed by atoms with E-state index in [0.29, 0.717) is 16.8 Å². The van der Waals surface area contributed by atoms with Gasteiger partial charge in [0, 0.05) is 17.9 Å². The molecule has 0 saturated heterocycles. The van der Waals surface area contributed by atoms with Gasteiger partial charge in [-0.3, -0.25) is 9.59 Å². The summed E-state index contributed by atoms with van der Waals surface area (Å²) in [5, 5.41) is 0. The van der Waals surface area contributed by atoms with E-state index in [4.69, 9.17) is 0 Å². The summed E-state index contributed by atoms with van der Waals surface area (Å²) in [6.07, 6.45) is 1.01. The van der Waals surface area contributed by atoms with Crippen LogP contribution in [0.15, 0.2) is 103 Å². The fourth-order valence-corrected chi connectivity index (χ4v) is 5.09. The quantitative estimate of drug-likeness (QED) is 0.345. The number of imide groups is 1. The number of nitrogens with zero attached hydrogens (tertiary/aromatic N) is 2. The molecule has 0 radical (unpaired) electrons. The summed E-state index contributed by atoms with van der Waals surface area (Å²) in [4.78, 5) is 30.8. The molecular weight excluding hydrogens is 432 g/mol. The van der Waals surface area contributed by atoms with Gasteiger partial charge in [-0.1, -0.05) is 78.4 Å². The van der Waals surface area contributed by atoms with E-state index in [0.717, 1.165) is 29.8 Å². The molecule has 4 heteroatoms. The Balaban J connectivity index is 1.42. The van der Waals surface area contributed by atoms with Crippen LogP contribution in [0.25, 0.3) is 11.1 Å². The molecular formula is C31H24N2O2. The van der Waals surface area contributed by atoms with E-state index in [-0.39, 0.29) is 11.8 Å². The molecule has 2 heterocycles. The minimum Gasteiger partial charge on any atom is -0.341 e. The average Bonchev–Trinajstić information content (AvgIpc) is 3.42. The van der Waals surface area contributed by atoms with Crippen LogP contribution in [0.3, 0.4) is 0 Å². The minimum atomic E-state index is -0.296. The first-order chi connectivity index (χ1) is 17.1. The highest BCUT2D eigenvalue weighted by Gasteiger charge is 2.40. The van der Waals surface area contributed by atoms with Crippen molar-refractivity contribution in [1.82, 2.24) is 0 Å². The van der Waals surface area contributed by atoms with Gasteiger partial charge in [-0.25, -0.2) is 4.90 Å². The molecule has 0 atom stereocenters. The smallest absolute Gasteiger partial charge is 0.266 e. The fourth-order valence-electron chi connectivity index (χ4n) is 5.09. The first-order valence-corrected chi connectivity index (χ1v) is 11.8. The number of rotatable bonds is 4. The van der Waals surface area contributed by atoms with Crippen LogP contribution in [-0.2, 0) is 16.0 Å². The summed E-state index contributed by atoms with van der Waals surface area (Å²) >= 11 is 0. The monoisotopic (exact) mass is 456 g/mol. The van der Waals surface area contributed by atoms with Gasteiger partial charge >= 0.3 is 0 Å². The van der Waals surface area contributed by atoms with Crippen molar-refractivity contribution in [2.75, 3.05) is 16.3 Å². The Bertz CT molecular complexity index is 1470. The lowest BCUT2D eigenvalue weighted by atomic mass is 9.96.